The van der Waals surface area contributed by atoms with Gasteiger partial charge in [-0.25, -0.2) is 14.6 Å². The van der Waals surface area contributed by atoms with E-state index in [9.17, 15) is 19.2 Å². The molecule has 232 valence electrons. The van der Waals surface area contributed by atoms with Crippen LogP contribution in [0.15, 0.2) is 0 Å². The number of rotatable bonds is 11. The first-order valence-corrected chi connectivity index (χ1v) is 15.3. The van der Waals surface area contributed by atoms with Gasteiger partial charge in [0, 0.05) is 42.4 Å². The quantitative estimate of drug-likeness (QED) is 0.158. The predicted molar refractivity (Wildman–Crippen MR) is 147 cm³/mol. The molecular formula is C28H44N2O10S. The Morgan fingerprint density at radius 2 is 1.78 bits per heavy atom. The maximum Gasteiger partial charge on any atom is 0.327 e. The van der Waals surface area contributed by atoms with Gasteiger partial charge in [0.15, 0.2) is 11.9 Å². The van der Waals surface area contributed by atoms with E-state index in [1.54, 1.807) is 13.8 Å². The van der Waals surface area contributed by atoms with Gasteiger partial charge in [-0.3, -0.25) is 14.4 Å². The second-order valence-corrected chi connectivity index (χ2v) is 12.8. The van der Waals surface area contributed by atoms with E-state index in [-0.39, 0.29) is 48.3 Å². The largest absolute Gasteiger partial charge is 0.480 e. The van der Waals surface area contributed by atoms with Gasteiger partial charge >= 0.3 is 11.9 Å². The maximum absolute atomic E-state index is 12.8. The molecule has 4 heterocycles. The highest BCUT2D eigenvalue weighted by atomic mass is 32.1. The van der Waals surface area contributed by atoms with Crippen molar-refractivity contribution in [2.24, 2.45) is 29.6 Å². The summed E-state index contributed by atoms with van der Waals surface area (Å²) >= 11 is 3.94. The lowest BCUT2D eigenvalue weighted by atomic mass is 9.58. The lowest BCUT2D eigenvalue weighted by molar-refractivity contribution is -0.576. The average molecular weight is 601 g/mol. The van der Waals surface area contributed by atoms with Gasteiger partial charge < -0.3 is 30.0 Å². The molecular weight excluding hydrogens is 556 g/mol. The Labute approximate surface area is 246 Å². The summed E-state index contributed by atoms with van der Waals surface area (Å²) in [5.74, 6) is -3.52. The van der Waals surface area contributed by atoms with Crippen LogP contribution in [0.3, 0.4) is 0 Å². The normalized spacial score (nSPS) is 38.0. The molecule has 0 aromatic carbocycles. The molecule has 5 aliphatic rings. The Morgan fingerprint density at radius 1 is 1.05 bits per heavy atom. The van der Waals surface area contributed by atoms with Crippen LogP contribution in [0.1, 0.15) is 79.6 Å². The molecule has 5 fully saturated rings. The molecule has 13 heteroatoms. The van der Waals surface area contributed by atoms with Gasteiger partial charge in [-0.1, -0.05) is 20.8 Å². The molecule has 1 aliphatic carbocycles. The summed E-state index contributed by atoms with van der Waals surface area (Å²) in [6.45, 7) is 9.45. The van der Waals surface area contributed by atoms with Crippen LogP contribution in [0.5, 0.6) is 0 Å². The summed E-state index contributed by atoms with van der Waals surface area (Å²) < 4.78 is 18.3. The smallest absolute Gasteiger partial charge is 0.327 e. The molecule has 3 N–H and O–H groups in total. The fraction of sp³-hybridized carbons (Fsp3) is 0.857. The minimum absolute atomic E-state index is 0.0183. The third-order valence-corrected chi connectivity index (χ3v) is 9.63. The molecule has 41 heavy (non-hydrogen) atoms. The van der Waals surface area contributed by atoms with Crippen molar-refractivity contribution in [1.29, 1.82) is 0 Å². The van der Waals surface area contributed by atoms with Crippen LogP contribution in [-0.4, -0.2) is 70.7 Å². The number of carboxylic acid groups (broad SMARTS) is 1. The van der Waals surface area contributed by atoms with Crippen LogP contribution >= 0.6 is 12.6 Å². The van der Waals surface area contributed by atoms with E-state index >= 15 is 0 Å². The summed E-state index contributed by atoms with van der Waals surface area (Å²) in [7, 11) is 0. The number of fused-ring (bicyclic) bond motifs is 2. The zero-order valence-electron chi connectivity index (χ0n) is 24.4. The Morgan fingerprint density at radius 3 is 2.46 bits per heavy atom. The molecule has 2 unspecified atom stereocenters. The van der Waals surface area contributed by atoms with Crippen molar-refractivity contribution < 1.29 is 48.3 Å². The van der Waals surface area contributed by atoms with Crippen LogP contribution in [-0.2, 0) is 43.2 Å². The average Bonchev–Trinajstić information content (AvgIpc) is 3.14. The standard InChI is InChI=1S/C28H44N2O10S/c1-14-6-7-19-17(4)25(37-26-28(19)18(14)10-11-27(5,38-26)39-40-28)36-22(32)9-8-21(31)29-16(3)12-15(2)23(33)30-20(13-41)24(34)35/h14-20,25-26,41H,6-13H2,1-5H3,(H,29,31)(H,30,33)(H,34,35)/t14-,15?,16?,17-,18+,19+,20+,25-,26-,27-,28-/m1/s1. The van der Waals surface area contributed by atoms with E-state index < -0.39 is 53.8 Å². The van der Waals surface area contributed by atoms with Crippen LogP contribution in [0.2, 0.25) is 0 Å². The molecule has 4 saturated heterocycles. The number of hydrogen-bond donors (Lipinski definition) is 4. The molecule has 0 aromatic heterocycles. The minimum atomic E-state index is -1.16. The first kappa shape index (κ1) is 32.0. The van der Waals surface area contributed by atoms with Gasteiger partial charge in [-0.05, 0) is 51.4 Å². The summed E-state index contributed by atoms with van der Waals surface area (Å²) in [6.07, 6.45) is 2.00. The topological polar surface area (TPSA) is 159 Å². The van der Waals surface area contributed by atoms with Crippen molar-refractivity contribution in [2.75, 3.05) is 5.75 Å². The Bertz CT molecular complexity index is 1010. The highest BCUT2D eigenvalue weighted by Gasteiger charge is 2.69. The van der Waals surface area contributed by atoms with Crippen molar-refractivity contribution in [3.63, 3.8) is 0 Å². The number of aliphatic carboxylic acids is 1. The molecule has 4 aliphatic heterocycles. The SMILES string of the molecule is CC(CC(C)C(=O)N[C@@H](CS)C(=O)O)NC(=O)CCC(=O)O[C@@H]1O[C@@H]2O[C@@]3(C)CC[C@H]4[C@H](C)CC[C@@H]([C@H]1C)[C@@]24OO3. The third kappa shape index (κ3) is 6.69. The lowest BCUT2D eigenvalue weighted by Crippen LogP contribution is -2.70. The fourth-order valence-electron chi connectivity index (χ4n) is 6.95. The zero-order chi connectivity index (χ0) is 30.1. The number of thiol groups is 1. The van der Waals surface area contributed by atoms with Crippen molar-refractivity contribution in [2.45, 2.75) is 116 Å². The molecule has 1 saturated carbocycles. The number of ether oxygens (including phenoxy) is 3. The second kappa shape index (κ2) is 12.7. The fourth-order valence-corrected chi connectivity index (χ4v) is 7.20. The van der Waals surface area contributed by atoms with Gasteiger partial charge in [0.2, 0.25) is 23.9 Å². The van der Waals surface area contributed by atoms with E-state index in [0.717, 1.165) is 19.3 Å². The number of carbonyl (C=O) groups is 4. The lowest BCUT2D eigenvalue weighted by Gasteiger charge is -2.59. The number of nitrogens with one attached hydrogen (secondary N) is 2. The highest BCUT2D eigenvalue weighted by Crippen LogP contribution is 2.60. The number of hydrogen-bond acceptors (Lipinski definition) is 10. The van der Waals surface area contributed by atoms with Crippen LogP contribution in [0.4, 0.5) is 0 Å². The molecule has 5 rings (SSSR count). The van der Waals surface area contributed by atoms with E-state index in [4.69, 9.17) is 29.1 Å². The Hall–Kier alpha value is -1.93. The number of carbonyl (C=O) groups excluding carboxylic acids is 3. The molecule has 1 spiro atoms. The van der Waals surface area contributed by atoms with Gasteiger partial charge in [0.1, 0.15) is 6.04 Å². The molecule has 0 aromatic rings. The Balaban J connectivity index is 1.26. The van der Waals surface area contributed by atoms with Crippen molar-refractivity contribution in [3.05, 3.63) is 0 Å². The number of amides is 2. The summed E-state index contributed by atoms with van der Waals surface area (Å²) in [4.78, 5) is 60.6. The van der Waals surface area contributed by atoms with Crippen molar-refractivity contribution in [3.8, 4) is 0 Å². The maximum atomic E-state index is 12.8. The summed E-state index contributed by atoms with van der Waals surface area (Å²) in [6, 6.07) is -1.45. The minimum Gasteiger partial charge on any atom is -0.480 e. The molecule has 2 amide bonds. The summed E-state index contributed by atoms with van der Waals surface area (Å²) in [5, 5.41) is 14.3. The van der Waals surface area contributed by atoms with Gasteiger partial charge in [-0.15, -0.1) is 0 Å². The second-order valence-electron chi connectivity index (χ2n) is 12.5. The van der Waals surface area contributed by atoms with Gasteiger partial charge in [-0.2, -0.15) is 12.6 Å². The molecule has 12 nitrogen and oxygen atoms in total. The van der Waals surface area contributed by atoms with E-state index in [1.807, 2.05) is 13.8 Å². The molecule has 2 bridgehead atoms. The van der Waals surface area contributed by atoms with E-state index in [1.165, 1.54) is 0 Å². The summed E-state index contributed by atoms with van der Waals surface area (Å²) in [5.41, 5.74) is -0.749. The van der Waals surface area contributed by atoms with Crippen LogP contribution in [0, 0.1) is 29.6 Å². The number of carboxylic acids is 1. The third-order valence-electron chi connectivity index (χ3n) is 9.26. The molecule has 0 radical (unpaired) electrons. The first-order valence-electron chi connectivity index (χ1n) is 14.6. The van der Waals surface area contributed by atoms with E-state index in [2.05, 4.69) is 30.2 Å². The van der Waals surface area contributed by atoms with Crippen molar-refractivity contribution >= 4 is 36.4 Å². The predicted octanol–water partition coefficient (Wildman–Crippen LogP) is 2.55. The van der Waals surface area contributed by atoms with Crippen LogP contribution < -0.4 is 10.6 Å². The monoisotopic (exact) mass is 600 g/mol. The number of esters is 1. The van der Waals surface area contributed by atoms with Crippen molar-refractivity contribution in [1.82, 2.24) is 10.6 Å². The van der Waals surface area contributed by atoms with E-state index in [0.29, 0.717) is 18.8 Å². The molecule has 11 atom stereocenters. The zero-order valence-corrected chi connectivity index (χ0v) is 25.3. The van der Waals surface area contributed by atoms with Gasteiger partial charge in [0.05, 0.1) is 6.42 Å². The highest BCUT2D eigenvalue weighted by molar-refractivity contribution is 7.80. The van der Waals surface area contributed by atoms with Crippen LogP contribution in [0.25, 0.3) is 0 Å². The first-order chi connectivity index (χ1) is 19.3. The Kier molecular flexibility index (Phi) is 9.94. The van der Waals surface area contributed by atoms with Gasteiger partial charge in [0.25, 0.3) is 0 Å².